The molecule has 0 bridgehead atoms. The van der Waals surface area contributed by atoms with Crippen molar-refractivity contribution in [3.8, 4) is 5.75 Å². The molecular weight excluding hydrogens is 330 g/mol. The molecule has 5 nitrogen and oxygen atoms in total. The highest BCUT2D eigenvalue weighted by Gasteiger charge is 2.36. The highest BCUT2D eigenvalue weighted by atomic mass is 16.5. The third-order valence-electron chi connectivity index (χ3n) is 5.63. The van der Waals surface area contributed by atoms with Crippen LogP contribution in [0.1, 0.15) is 49.7 Å². The number of rotatable bonds is 6. The standard InChI is InChI=1S/C21H27NO4/c1-14-7-6-10-19(15(14)2)26-17-12-20(23)22(13-17)18(21(24)25)11-16-8-4-3-5-9-16/h6-7,10,12,16,18H,3-5,8-9,11,13H2,1-2H3,(H,24,25). The Hall–Kier alpha value is -2.30. The number of aliphatic carboxylic acids is 1. The molecule has 0 aromatic heterocycles. The molecule has 1 aromatic rings. The fourth-order valence-electron chi connectivity index (χ4n) is 3.91. The lowest BCUT2D eigenvalue weighted by molar-refractivity contribution is -0.148. The van der Waals surface area contributed by atoms with Crippen molar-refractivity contribution in [3.63, 3.8) is 0 Å². The first-order valence-corrected chi connectivity index (χ1v) is 9.43. The summed E-state index contributed by atoms with van der Waals surface area (Å²) in [6.07, 6.45) is 7.63. The molecule has 1 aliphatic carbocycles. The van der Waals surface area contributed by atoms with Gasteiger partial charge in [0.15, 0.2) is 0 Å². The van der Waals surface area contributed by atoms with E-state index >= 15 is 0 Å². The van der Waals surface area contributed by atoms with Gasteiger partial charge in [-0.3, -0.25) is 4.79 Å². The molecule has 0 saturated heterocycles. The van der Waals surface area contributed by atoms with Crippen LogP contribution in [0.15, 0.2) is 30.0 Å². The van der Waals surface area contributed by atoms with Gasteiger partial charge < -0.3 is 14.7 Å². The Kier molecular flexibility index (Phi) is 5.64. The zero-order valence-electron chi connectivity index (χ0n) is 15.5. The Balaban J connectivity index is 1.68. The van der Waals surface area contributed by atoms with E-state index in [1.165, 1.54) is 17.4 Å². The van der Waals surface area contributed by atoms with E-state index in [-0.39, 0.29) is 12.5 Å². The first-order chi connectivity index (χ1) is 12.5. The molecule has 1 amide bonds. The van der Waals surface area contributed by atoms with Crippen LogP contribution in [0.4, 0.5) is 0 Å². The maximum absolute atomic E-state index is 12.4. The molecule has 1 heterocycles. The molecule has 1 unspecified atom stereocenters. The van der Waals surface area contributed by atoms with Crippen LogP contribution in [0.25, 0.3) is 0 Å². The van der Waals surface area contributed by atoms with Crippen molar-refractivity contribution >= 4 is 11.9 Å². The van der Waals surface area contributed by atoms with Crippen molar-refractivity contribution < 1.29 is 19.4 Å². The summed E-state index contributed by atoms with van der Waals surface area (Å²) in [5, 5.41) is 9.68. The molecular formula is C21H27NO4. The Bertz CT molecular complexity index is 719. The van der Waals surface area contributed by atoms with E-state index in [4.69, 9.17) is 4.74 Å². The van der Waals surface area contributed by atoms with Gasteiger partial charge in [-0.15, -0.1) is 0 Å². The maximum Gasteiger partial charge on any atom is 0.326 e. The van der Waals surface area contributed by atoms with Crippen LogP contribution in [0.5, 0.6) is 5.75 Å². The smallest absolute Gasteiger partial charge is 0.326 e. The predicted octanol–water partition coefficient (Wildman–Crippen LogP) is 3.83. The van der Waals surface area contributed by atoms with Crippen LogP contribution in [0, 0.1) is 19.8 Å². The van der Waals surface area contributed by atoms with Crippen LogP contribution >= 0.6 is 0 Å². The summed E-state index contributed by atoms with van der Waals surface area (Å²) in [7, 11) is 0. The second-order valence-electron chi connectivity index (χ2n) is 7.47. The van der Waals surface area contributed by atoms with E-state index in [2.05, 4.69) is 0 Å². The number of carbonyl (C=O) groups is 2. The lowest BCUT2D eigenvalue weighted by Crippen LogP contribution is -2.44. The lowest BCUT2D eigenvalue weighted by atomic mass is 9.84. The lowest BCUT2D eigenvalue weighted by Gasteiger charge is -2.30. The van der Waals surface area contributed by atoms with Gasteiger partial charge >= 0.3 is 5.97 Å². The monoisotopic (exact) mass is 357 g/mol. The molecule has 0 radical (unpaired) electrons. The van der Waals surface area contributed by atoms with Gasteiger partial charge in [0.25, 0.3) is 5.91 Å². The van der Waals surface area contributed by atoms with Crippen molar-refractivity contribution in [3.05, 3.63) is 41.2 Å². The minimum absolute atomic E-state index is 0.218. The number of benzene rings is 1. The Morgan fingerprint density at radius 1 is 1.27 bits per heavy atom. The predicted molar refractivity (Wildman–Crippen MR) is 99.0 cm³/mol. The van der Waals surface area contributed by atoms with E-state index in [9.17, 15) is 14.7 Å². The van der Waals surface area contributed by atoms with Gasteiger partial charge in [-0.05, 0) is 43.4 Å². The van der Waals surface area contributed by atoms with Crippen LogP contribution in [-0.4, -0.2) is 34.5 Å². The number of hydrogen-bond donors (Lipinski definition) is 1. The molecule has 1 N–H and O–H groups in total. The van der Waals surface area contributed by atoms with Crippen molar-refractivity contribution in [2.75, 3.05) is 6.54 Å². The fourth-order valence-corrected chi connectivity index (χ4v) is 3.91. The summed E-state index contributed by atoms with van der Waals surface area (Å²) in [6.45, 7) is 4.20. The Morgan fingerprint density at radius 2 is 2.00 bits per heavy atom. The van der Waals surface area contributed by atoms with Crippen molar-refractivity contribution in [1.82, 2.24) is 4.90 Å². The van der Waals surface area contributed by atoms with Gasteiger partial charge in [-0.25, -0.2) is 4.79 Å². The van der Waals surface area contributed by atoms with Gasteiger partial charge in [-0.2, -0.15) is 0 Å². The quantitative estimate of drug-likeness (QED) is 0.840. The minimum atomic E-state index is -0.926. The van der Waals surface area contributed by atoms with E-state index in [0.29, 0.717) is 23.8 Å². The third kappa shape index (κ3) is 4.09. The minimum Gasteiger partial charge on any atom is -0.480 e. The fraction of sp³-hybridized carbons (Fsp3) is 0.524. The highest BCUT2D eigenvalue weighted by Crippen LogP contribution is 2.31. The molecule has 2 aliphatic rings. The van der Waals surface area contributed by atoms with E-state index in [1.807, 2.05) is 32.0 Å². The summed E-state index contributed by atoms with van der Waals surface area (Å²) < 4.78 is 5.91. The summed E-state index contributed by atoms with van der Waals surface area (Å²) in [4.78, 5) is 25.7. The van der Waals surface area contributed by atoms with E-state index in [0.717, 1.165) is 36.8 Å². The molecule has 1 aliphatic heterocycles. The van der Waals surface area contributed by atoms with E-state index < -0.39 is 12.0 Å². The van der Waals surface area contributed by atoms with Crippen LogP contribution < -0.4 is 4.74 Å². The van der Waals surface area contributed by atoms with Crippen LogP contribution in [-0.2, 0) is 9.59 Å². The number of nitrogens with zero attached hydrogens (tertiary/aromatic N) is 1. The first-order valence-electron chi connectivity index (χ1n) is 9.43. The maximum atomic E-state index is 12.4. The second-order valence-corrected chi connectivity index (χ2v) is 7.47. The molecule has 0 spiro atoms. The highest BCUT2D eigenvalue weighted by molar-refractivity contribution is 5.94. The number of carboxylic acids is 1. The zero-order chi connectivity index (χ0) is 18.7. The van der Waals surface area contributed by atoms with Crippen LogP contribution in [0.3, 0.4) is 0 Å². The number of aryl methyl sites for hydroxylation is 1. The molecule has 1 aromatic carbocycles. The molecule has 5 heteroatoms. The average Bonchev–Trinajstić information content (AvgIpc) is 2.97. The number of carboxylic acid groups (broad SMARTS) is 1. The number of amides is 1. The van der Waals surface area contributed by atoms with Gasteiger partial charge in [0.2, 0.25) is 0 Å². The van der Waals surface area contributed by atoms with Crippen molar-refractivity contribution in [2.24, 2.45) is 5.92 Å². The molecule has 140 valence electrons. The third-order valence-corrected chi connectivity index (χ3v) is 5.63. The van der Waals surface area contributed by atoms with Crippen molar-refractivity contribution in [2.45, 2.75) is 58.4 Å². The normalized spacial score (nSPS) is 19.4. The topological polar surface area (TPSA) is 66.8 Å². The zero-order valence-corrected chi connectivity index (χ0v) is 15.5. The van der Waals surface area contributed by atoms with Gasteiger partial charge in [-0.1, -0.05) is 44.2 Å². The van der Waals surface area contributed by atoms with Crippen LogP contribution in [0.2, 0.25) is 0 Å². The summed E-state index contributed by atoms with van der Waals surface area (Å²) in [6, 6.07) is 5.01. The van der Waals surface area contributed by atoms with Gasteiger partial charge in [0, 0.05) is 6.08 Å². The van der Waals surface area contributed by atoms with Crippen molar-refractivity contribution in [1.29, 1.82) is 0 Å². The number of hydrogen-bond acceptors (Lipinski definition) is 3. The second kappa shape index (κ2) is 7.94. The first kappa shape index (κ1) is 18.5. The molecule has 1 saturated carbocycles. The molecule has 26 heavy (non-hydrogen) atoms. The summed E-state index contributed by atoms with van der Waals surface area (Å²) in [5.41, 5.74) is 2.14. The number of ether oxygens (including phenoxy) is 1. The molecule has 1 atom stereocenters. The average molecular weight is 357 g/mol. The number of carbonyl (C=O) groups excluding carboxylic acids is 1. The summed E-state index contributed by atoms with van der Waals surface area (Å²) in [5.74, 6) is 0.420. The van der Waals surface area contributed by atoms with Gasteiger partial charge in [0.1, 0.15) is 17.6 Å². The largest absolute Gasteiger partial charge is 0.480 e. The molecule has 3 rings (SSSR count). The summed E-state index contributed by atoms with van der Waals surface area (Å²) >= 11 is 0. The molecule has 1 fully saturated rings. The Labute approximate surface area is 154 Å². The van der Waals surface area contributed by atoms with Gasteiger partial charge in [0.05, 0.1) is 6.54 Å². The van der Waals surface area contributed by atoms with E-state index in [1.54, 1.807) is 0 Å². The Morgan fingerprint density at radius 3 is 2.69 bits per heavy atom. The SMILES string of the molecule is Cc1cccc(OC2=CC(=O)N(C(CC3CCCCC3)C(=O)O)C2)c1C.